The summed E-state index contributed by atoms with van der Waals surface area (Å²) >= 11 is 0. The number of rotatable bonds is 5. The Kier molecular flexibility index (Phi) is 4.83. The molecule has 3 heteroatoms. The van der Waals surface area contributed by atoms with E-state index >= 15 is 0 Å². The molecule has 0 aromatic heterocycles. The van der Waals surface area contributed by atoms with Crippen molar-refractivity contribution in [1.29, 1.82) is 0 Å². The van der Waals surface area contributed by atoms with Crippen LogP contribution in [0, 0.1) is 0 Å². The van der Waals surface area contributed by atoms with E-state index in [0.29, 0.717) is 6.10 Å². The molecule has 1 aliphatic carbocycles. The number of hydrogen-bond donors (Lipinski definition) is 1. The first kappa shape index (κ1) is 13.3. The lowest BCUT2D eigenvalue weighted by Gasteiger charge is -2.41. The minimum atomic E-state index is -0.0448. The van der Waals surface area contributed by atoms with Gasteiger partial charge in [-0.1, -0.05) is 19.3 Å². The van der Waals surface area contributed by atoms with Gasteiger partial charge in [0.1, 0.15) is 0 Å². The molecule has 1 aliphatic heterocycles. The lowest BCUT2D eigenvalue weighted by atomic mass is 9.77. The van der Waals surface area contributed by atoms with Gasteiger partial charge in [0.15, 0.2) is 0 Å². The first-order valence-corrected chi connectivity index (χ1v) is 7.19. The van der Waals surface area contributed by atoms with Crippen molar-refractivity contribution in [3.05, 3.63) is 0 Å². The van der Waals surface area contributed by atoms with Crippen LogP contribution in [0.3, 0.4) is 0 Å². The van der Waals surface area contributed by atoms with E-state index in [0.717, 1.165) is 32.3 Å². The maximum absolute atomic E-state index is 6.39. The van der Waals surface area contributed by atoms with Crippen molar-refractivity contribution in [2.45, 2.75) is 75.5 Å². The summed E-state index contributed by atoms with van der Waals surface area (Å²) in [6.45, 7) is 0.940. The molecule has 2 rings (SSSR count). The van der Waals surface area contributed by atoms with E-state index in [9.17, 15) is 0 Å². The van der Waals surface area contributed by atoms with Gasteiger partial charge in [0.05, 0.1) is 11.7 Å². The Morgan fingerprint density at radius 1 is 1.29 bits per heavy atom. The lowest BCUT2D eigenvalue weighted by molar-refractivity contribution is -0.0624. The van der Waals surface area contributed by atoms with Gasteiger partial charge in [-0.3, -0.25) is 0 Å². The maximum atomic E-state index is 6.39. The molecule has 2 fully saturated rings. The van der Waals surface area contributed by atoms with E-state index in [1.54, 1.807) is 0 Å². The van der Waals surface area contributed by atoms with Crippen LogP contribution in [0.2, 0.25) is 0 Å². The SMILES string of the molecule is COC1(C(N)CCC2CCCO2)CCCCC1. The van der Waals surface area contributed by atoms with E-state index < -0.39 is 0 Å². The van der Waals surface area contributed by atoms with Gasteiger partial charge in [-0.2, -0.15) is 0 Å². The zero-order valence-corrected chi connectivity index (χ0v) is 11.1. The summed E-state index contributed by atoms with van der Waals surface area (Å²) in [6, 6.07) is 0.178. The summed E-state index contributed by atoms with van der Waals surface area (Å²) < 4.78 is 11.5. The highest BCUT2D eigenvalue weighted by Gasteiger charge is 2.38. The van der Waals surface area contributed by atoms with Crippen LogP contribution in [0.4, 0.5) is 0 Å². The third kappa shape index (κ3) is 3.21. The molecule has 17 heavy (non-hydrogen) atoms. The van der Waals surface area contributed by atoms with Crippen LogP contribution >= 0.6 is 0 Å². The molecule has 100 valence electrons. The highest BCUT2D eigenvalue weighted by molar-refractivity contribution is 4.93. The zero-order chi connectivity index (χ0) is 12.1. The third-order valence-corrected chi connectivity index (χ3v) is 4.61. The van der Waals surface area contributed by atoms with Crippen LogP contribution in [0.1, 0.15) is 57.8 Å². The molecule has 1 heterocycles. The molecule has 1 saturated heterocycles. The monoisotopic (exact) mass is 241 g/mol. The molecule has 0 aromatic rings. The van der Waals surface area contributed by atoms with Crippen molar-refractivity contribution < 1.29 is 9.47 Å². The van der Waals surface area contributed by atoms with Gasteiger partial charge in [0.2, 0.25) is 0 Å². The predicted molar refractivity (Wildman–Crippen MR) is 69.0 cm³/mol. The predicted octanol–water partition coefficient (Wildman–Crippen LogP) is 2.62. The fraction of sp³-hybridized carbons (Fsp3) is 1.00. The second-order valence-corrected chi connectivity index (χ2v) is 5.65. The quantitative estimate of drug-likeness (QED) is 0.804. The number of hydrogen-bond acceptors (Lipinski definition) is 3. The standard InChI is InChI=1S/C14H27NO2/c1-16-14(9-3-2-4-10-14)13(15)8-7-12-6-5-11-17-12/h12-13H,2-11,15H2,1H3. The van der Waals surface area contributed by atoms with E-state index in [4.69, 9.17) is 15.2 Å². The normalized spacial score (nSPS) is 30.4. The molecule has 2 N–H and O–H groups in total. The van der Waals surface area contributed by atoms with Gasteiger partial charge in [-0.15, -0.1) is 0 Å². The van der Waals surface area contributed by atoms with Crippen molar-refractivity contribution in [3.8, 4) is 0 Å². The Bertz CT molecular complexity index is 220. The molecular weight excluding hydrogens is 214 g/mol. The Morgan fingerprint density at radius 2 is 2.06 bits per heavy atom. The molecule has 1 saturated carbocycles. The molecule has 0 spiro atoms. The van der Waals surface area contributed by atoms with Crippen LogP contribution in [0.15, 0.2) is 0 Å². The number of nitrogens with two attached hydrogens (primary N) is 1. The lowest BCUT2D eigenvalue weighted by Crippen LogP contribution is -2.51. The minimum Gasteiger partial charge on any atom is -0.378 e. The van der Waals surface area contributed by atoms with Gasteiger partial charge in [-0.05, 0) is 38.5 Å². The first-order chi connectivity index (χ1) is 8.27. The molecular formula is C14H27NO2. The van der Waals surface area contributed by atoms with Gasteiger partial charge in [-0.25, -0.2) is 0 Å². The fourth-order valence-corrected chi connectivity index (χ4v) is 3.38. The van der Waals surface area contributed by atoms with Crippen LogP contribution in [0.5, 0.6) is 0 Å². The Balaban J connectivity index is 1.81. The van der Waals surface area contributed by atoms with Crippen LogP contribution in [-0.2, 0) is 9.47 Å². The summed E-state index contributed by atoms with van der Waals surface area (Å²) in [4.78, 5) is 0. The Morgan fingerprint density at radius 3 is 2.65 bits per heavy atom. The Labute approximate surface area is 105 Å². The van der Waals surface area contributed by atoms with Crippen molar-refractivity contribution in [2.75, 3.05) is 13.7 Å². The van der Waals surface area contributed by atoms with Gasteiger partial charge in [0, 0.05) is 19.8 Å². The molecule has 0 aromatic carbocycles. The van der Waals surface area contributed by atoms with Gasteiger partial charge < -0.3 is 15.2 Å². The highest BCUT2D eigenvalue weighted by Crippen LogP contribution is 2.35. The zero-order valence-electron chi connectivity index (χ0n) is 11.1. The first-order valence-electron chi connectivity index (χ1n) is 7.19. The topological polar surface area (TPSA) is 44.5 Å². The summed E-state index contributed by atoms with van der Waals surface area (Å²) in [6.07, 6.45) is 11.2. The molecule has 3 nitrogen and oxygen atoms in total. The van der Waals surface area contributed by atoms with Gasteiger partial charge >= 0.3 is 0 Å². The maximum Gasteiger partial charge on any atom is 0.0828 e. The fourth-order valence-electron chi connectivity index (χ4n) is 3.38. The van der Waals surface area contributed by atoms with E-state index in [2.05, 4.69) is 0 Å². The van der Waals surface area contributed by atoms with Crippen molar-refractivity contribution in [1.82, 2.24) is 0 Å². The number of ether oxygens (including phenoxy) is 2. The third-order valence-electron chi connectivity index (χ3n) is 4.61. The van der Waals surface area contributed by atoms with Gasteiger partial charge in [0.25, 0.3) is 0 Å². The summed E-state index contributed by atoms with van der Waals surface area (Å²) in [7, 11) is 1.83. The average Bonchev–Trinajstić information content (AvgIpc) is 2.90. The summed E-state index contributed by atoms with van der Waals surface area (Å²) in [5.41, 5.74) is 6.35. The molecule has 0 bridgehead atoms. The van der Waals surface area contributed by atoms with E-state index in [1.165, 1.54) is 32.1 Å². The number of methoxy groups -OCH3 is 1. The van der Waals surface area contributed by atoms with Crippen LogP contribution in [0.25, 0.3) is 0 Å². The molecule has 2 unspecified atom stereocenters. The van der Waals surface area contributed by atoms with Crippen molar-refractivity contribution in [2.24, 2.45) is 5.73 Å². The smallest absolute Gasteiger partial charge is 0.0828 e. The van der Waals surface area contributed by atoms with E-state index in [1.807, 2.05) is 7.11 Å². The molecule has 0 radical (unpaired) electrons. The van der Waals surface area contributed by atoms with Crippen LogP contribution < -0.4 is 5.73 Å². The molecule has 0 amide bonds. The largest absolute Gasteiger partial charge is 0.378 e. The summed E-state index contributed by atoms with van der Waals surface area (Å²) in [5, 5.41) is 0. The minimum absolute atomic E-state index is 0.0448. The van der Waals surface area contributed by atoms with Crippen molar-refractivity contribution >= 4 is 0 Å². The Hall–Kier alpha value is -0.120. The average molecular weight is 241 g/mol. The van der Waals surface area contributed by atoms with Crippen LogP contribution in [-0.4, -0.2) is 31.5 Å². The second kappa shape index (κ2) is 6.17. The second-order valence-electron chi connectivity index (χ2n) is 5.65. The summed E-state index contributed by atoms with van der Waals surface area (Å²) in [5.74, 6) is 0. The highest BCUT2D eigenvalue weighted by atomic mass is 16.5. The molecule has 2 aliphatic rings. The van der Waals surface area contributed by atoms with E-state index in [-0.39, 0.29) is 11.6 Å². The molecule has 2 atom stereocenters. The van der Waals surface area contributed by atoms with Crippen molar-refractivity contribution in [3.63, 3.8) is 0 Å².